The summed E-state index contributed by atoms with van der Waals surface area (Å²) in [6, 6.07) is 15.1. The molecule has 0 bridgehead atoms. The second kappa shape index (κ2) is 10.9. The molecule has 0 spiro atoms. The van der Waals surface area contributed by atoms with E-state index in [1.165, 1.54) is 44.5 Å². The van der Waals surface area contributed by atoms with Crippen molar-refractivity contribution in [1.29, 1.82) is 0 Å². The van der Waals surface area contributed by atoms with E-state index in [1.807, 2.05) is 42.7 Å². The Morgan fingerprint density at radius 1 is 1.11 bits per heavy atom. The molecule has 35 heavy (non-hydrogen) atoms. The third-order valence-corrected chi connectivity index (χ3v) is 7.23. The summed E-state index contributed by atoms with van der Waals surface area (Å²) in [7, 11) is -2.60. The van der Waals surface area contributed by atoms with Crippen LogP contribution < -0.4 is 10.7 Å². The van der Waals surface area contributed by atoms with E-state index < -0.39 is 22.5 Å². The maximum atomic E-state index is 12.7. The fourth-order valence-electron chi connectivity index (χ4n) is 3.52. The van der Waals surface area contributed by atoms with Crippen molar-refractivity contribution < 1.29 is 18.0 Å². The Bertz CT molecular complexity index is 1380. The molecule has 0 aliphatic rings. The van der Waals surface area contributed by atoms with Crippen LogP contribution in [0.5, 0.6) is 0 Å². The number of nitrogens with zero attached hydrogens (tertiary/aromatic N) is 3. The minimum Gasteiger partial charge on any atom is -0.326 e. The van der Waals surface area contributed by atoms with Gasteiger partial charge in [-0.25, -0.2) is 13.8 Å². The number of rotatable bonds is 8. The van der Waals surface area contributed by atoms with Crippen LogP contribution in [0.25, 0.3) is 5.69 Å². The van der Waals surface area contributed by atoms with Crippen molar-refractivity contribution in [3.63, 3.8) is 0 Å². The fraction of sp³-hybridized carbons (Fsp3) is 0.208. The molecule has 3 aromatic rings. The monoisotopic (exact) mass is 515 g/mol. The molecule has 0 aliphatic heterocycles. The number of hydrazone groups is 1. The number of benzene rings is 2. The third-order valence-electron chi connectivity index (χ3n) is 5.18. The van der Waals surface area contributed by atoms with Crippen molar-refractivity contribution >= 4 is 45.3 Å². The van der Waals surface area contributed by atoms with Crippen molar-refractivity contribution in [3.8, 4) is 5.69 Å². The normalized spacial score (nSPS) is 11.7. The van der Waals surface area contributed by atoms with Crippen LogP contribution in [-0.2, 0) is 19.6 Å². The van der Waals surface area contributed by atoms with Gasteiger partial charge in [0.1, 0.15) is 0 Å². The zero-order valence-electron chi connectivity index (χ0n) is 19.7. The van der Waals surface area contributed by atoms with E-state index in [1.54, 1.807) is 6.07 Å². The summed E-state index contributed by atoms with van der Waals surface area (Å²) < 4.78 is 28.4. The van der Waals surface area contributed by atoms with E-state index in [-0.39, 0.29) is 10.8 Å². The molecule has 0 saturated heterocycles. The van der Waals surface area contributed by atoms with Gasteiger partial charge in [-0.15, -0.1) is 0 Å². The molecule has 0 atom stereocenters. The minimum atomic E-state index is -3.91. The summed E-state index contributed by atoms with van der Waals surface area (Å²) >= 11 is 6.11. The molecule has 2 N–H and O–H groups in total. The highest BCUT2D eigenvalue weighted by molar-refractivity contribution is 7.89. The summed E-state index contributed by atoms with van der Waals surface area (Å²) in [4.78, 5) is 23.4. The minimum absolute atomic E-state index is 0.00106. The van der Waals surface area contributed by atoms with Crippen LogP contribution in [0.2, 0.25) is 5.02 Å². The molecular weight excluding hydrogens is 490 g/mol. The Hall–Kier alpha value is -3.47. The lowest BCUT2D eigenvalue weighted by molar-refractivity contribution is -0.121. The average Bonchev–Trinajstić information content (AvgIpc) is 3.06. The van der Waals surface area contributed by atoms with Crippen molar-refractivity contribution in [2.24, 2.45) is 5.10 Å². The van der Waals surface area contributed by atoms with E-state index in [0.717, 1.165) is 26.9 Å². The van der Waals surface area contributed by atoms with Crippen molar-refractivity contribution in [2.45, 2.75) is 25.7 Å². The molecule has 0 unspecified atom stereocenters. The van der Waals surface area contributed by atoms with Gasteiger partial charge in [0.25, 0.3) is 5.91 Å². The van der Waals surface area contributed by atoms with Crippen molar-refractivity contribution in [1.82, 2.24) is 14.3 Å². The van der Waals surface area contributed by atoms with E-state index in [2.05, 4.69) is 15.8 Å². The Balaban J connectivity index is 1.64. The summed E-state index contributed by atoms with van der Waals surface area (Å²) in [5.41, 5.74) is 6.42. The van der Waals surface area contributed by atoms with Gasteiger partial charge in [-0.3, -0.25) is 9.59 Å². The number of amides is 2. The van der Waals surface area contributed by atoms with Gasteiger partial charge in [0, 0.05) is 47.3 Å². The molecule has 0 radical (unpaired) electrons. The van der Waals surface area contributed by atoms with Crippen LogP contribution >= 0.6 is 11.6 Å². The zero-order chi connectivity index (χ0) is 25.8. The van der Waals surface area contributed by atoms with E-state index in [0.29, 0.717) is 10.7 Å². The van der Waals surface area contributed by atoms with E-state index >= 15 is 0 Å². The van der Waals surface area contributed by atoms with Gasteiger partial charge in [0.15, 0.2) is 0 Å². The predicted molar refractivity (Wildman–Crippen MR) is 137 cm³/mol. The maximum Gasteiger partial charge on any atom is 0.255 e. The first-order valence-electron chi connectivity index (χ1n) is 10.6. The van der Waals surface area contributed by atoms with Crippen LogP contribution in [0.15, 0.2) is 64.6 Å². The van der Waals surface area contributed by atoms with Gasteiger partial charge in [0.05, 0.1) is 17.7 Å². The standard InChI is InChI=1S/C24H26ClN5O4S/c1-16-12-19(17(2)30(16)22-7-5-6-20(25)13-22)14-26-28-24(32)15-29(4)35(33,34)23-10-8-21(9-11-23)27-18(3)31/h5-14H,15H2,1-4H3,(H,27,31)(H,28,32)/b26-14+. The molecule has 1 aromatic heterocycles. The van der Waals surface area contributed by atoms with Crippen LogP contribution in [-0.4, -0.2) is 48.9 Å². The van der Waals surface area contributed by atoms with Gasteiger partial charge >= 0.3 is 0 Å². The molecule has 11 heteroatoms. The summed E-state index contributed by atoms with van der Waals surface area (Å²) in [6.07, 6.45) is 1.51. The summed E-state index contributed by atoms with van der Waals surface area (Å²) in [5, 5.41) is 7.18. The van der Waals surface area contributed by atoms with Crippen LogP contribution in [0.1, 0.15) is 23.9 Å². The first kappa shape index (κ1) is 26.1. The van der Waals surface area contributed by atoms with Gasteiger partial charge in [-0.1, -0.05) is 17.7 Å². The number of sulfonamides is 1. The third kappa shape index (κ3) is 6.36. The van der Waals surface area contributed by atoms with Crippen LogP contribution in [0, 0.1) is 13.8 Å². The molecule has 2 aromatic carbocycles. The first-order chi connectivity index (χ1) is 16.5. The van der Waals surface area contributed by atoms with Gasteiger partial charge in [0.2, 0.25) is 15.9 Å². The molecule has 184 valence electrons. The van der Waals surface area contributed by atoms with Crippen LogP contribution in [0.4, 0.5) is 5.69 Å². The predicted octanol–water partition coefficient (Wildman–Crippen LogP) is 3.48. The topological polar surface area (TPSA) is 113 Å². The van der Waals surface area contributed by atoms with Crippen LogP contribution in [0.3, 0.4) is 0 Å². The highest BCUT2D eigenvalue weighted by atomic mass is 35.5. The lowest BCUT2D eigenvalue weighted by Gasteiger charge is -2.16. The Kier molecular flexibility index (Phi) is 8.11. The number of hydrogen-bond donors (Lipinski definition) is 2. The van der Waals surface area contributed by atoms with Crippen molar-refractivity contribution in [2.75, 3.05) is 18.9 Å². The second-order valence-corrected chi connectivity index (χ2v) is 10.4. The molecule has 0 aliphatic carbocycles. The quantitative estimate of drug-likeness (QED) is 0.353. The van der Waals surface area contributed by atoms with Crippen molar-refractivity contribution in [3.05, 3.63) is 76.6 Å². The Morgan fingerprint density at radius 3 is 2.43 bits per heavy atom. The Labute approximate surface area is 209 Å². The highest BCUT2D eigenvalue weighted by Crippen LogP contribution is 2.22. The molecule has 9 nitrogen and oxygen atoms in total. The SMILES string of the molecule is CC(=O)Nc1ccc(S(=O)(=O)N(C)CC(=O)N/N=C/c2cc(C)n(-c3cccc(Cl)c3)c2C)cc1. The van der Waals surface area contributed by atoms with Gasteiger partial charge in [-0.05, 0) is 62.4 Å². The number of likely N-dealkylation sites (N-methyl/N-ethyl adjacent to an activating group) is 1. The average molecular weight is 516 g/mol. The number of aryl methyl sites for hydroxylation is 1. The second-order valence-electron chi connectivity index (χ2n) is 7.90. The highest BCUT2D eigenvalue weighted by Gasteiger charge is 2.23. The summed E-state index contributed by atoms with van der Waals surface area (Å²) in [5.74, 6) is -0.854. The number of carbonyl (C=O) groups excluding carboxylic acids is 2. The maximum absolute atomic E-state index is 12.7. The molecule has 3 rings (SSSR count). The van der Waals surface area contributed by atoms with E-state index in [4.69, 9.17) is 11.6 Å². The number of aromatic nitrogens is 1. The van der Waals surface area contributed by atoms with Gasteiger partial charge in [-0.2, -0.15) is 9.41 Å². The number of anilines is 1. The lowest BCUT2D eigenvalue weighted by Crippen LogP contribution is -2.36. The first-order valence-corrected chi connectivity index (χ1v) is 12.4. The zero-order valence-corrected chi connectivity index (χ0v) is 21.3. The largest absolute Gasteiger partial charge is 0.326 e. The molecule has 0 fully saturated rings. The number of halogens is 1. The summed E-state index contributed by atoms with van der Waals surface area (Å²) in [6.45, 7) is 4.81. The fourth-order valence-corrected chi connectivity index (χ4v) is 4.83. The molecule has 1 heterocycles. The molecule has 0 saturated carbocycles. The van der Waals surface area contributed by atoms with E-state index in [9.17, 15) is 18.0 Å². The number of nitrogens with one attached hydrogen (secondary N) is 2. The lowest BCUT2D eigenvalue weighted by atomic mass is 10.2. The Morgan fingerprint density at radius 2 is 1.80 bits per heavy atom. The smallest absolute Gasteiger partial charge is 0.255 e. The number of hydrogen-bond acceptors (Lipinski definition) is 5. The molecular formula is C24H26ClN5O4S. The number of carbonyl (C=O) groups is 2. The molecule has 2 amide bonds. The van der Waals surface area contributed by atoms with Gasteiger partial charge < -0.3 is 9.88 Å².